The summed E-state index contributed by atoms with van der Waals surface area (Å²) in [6.45, 7) is 5.59. The van der Waals surface area contributed by atoms with E-state index in [2.05, 4.69) is 0 Å². The number of amides is 1. The second kappa shape index (κ2) is 6.37. The molecule has 2 atom stereocenters. The second-order valence-electron chi connectivity index (χ2n) is 5.65. The van der Waals surface area contributed by atoms with E-state index < -0.39 is 5.60 Å². The molecule has 1 fully saturated rings. The Labute approximate surface area is 120 Å². The molecule has 1 saturated heterocycles. The Kier molecular flexibility index (Phi) is 4.78. The van der Waals surface area contributed by atoms with Crippen molar-refractivity contribution in [1.82, 2.24) is 4.90 Å². The van der Waals surface area contributed by atoms with Crippen molar-refractivity contribution in [3.05, 3.63) is 35.9 Å². The van der Waals surface area contributed by atoms with Gasteiger partial charge in [0, 0.05) is 19.2 Å². The average Bonchev–Trinajstić information content (AvgIpc) is 2.64. The van der Waals surface area contributed by atoms with Gasteiger partial charge in [-0.2, -0.15) is 0 Å². The monoisotopic (exact) mass is 277 g/mol. The van der Waals surface area contributed by atoms with Crippen LogP contribution in [0.3, 0.4) is 0 Å². The van der Waals surface area contributed by atoms with Crippen LogP contribution in [0.1, 0.15) is 32.3 Å². The molecule has 1 aliphatic rings. The van der Waals surface area contributed by atoms with E-state index in [1.807, 2.05) is 42.2 Å². The first-order valence-corrected chi connectivity index (χ1v) is 7.16. The van der Waals surface area contributed by atoms with Crippen LogP contribution in [-0.2, 0) is 15.1 Å². The van der Waals surface area contributed by atoms with Crippen LogP contribution in [0.25, 0.3) is 0 Å². The highest BCUT2D eigenvalue weighted by Gasteiger charge is 2.31. The van der Waals surface area contributed by atoms with E-state index in [9.17, 15) is 9.90 Å². The number of rotatable bonds is 3. The molecule has 110 valence electrons. The maximum Gasteiger partial charge on any atom is 0.226 e. The van der Waals surface area contributed by atoms with Crippen molar-refractivity contribution in [3.8, 4) is 0 Å². The van der Waals surface area contributed by atoms with Gasteiger partial charge in [-0.3, -0.25) is 4.79 Å². The molecule has 0 aromatic heterocycles. The molecule has 0 saturated carbocycles. The van der Waals surface area contributed by atoms with Crippen molar-refractivity contribution in [2.45, 2.75) is 38.3 Å². The van der Waals surface area contributed by atoms with E-state index in [1.165, 1.54) is 0 Å². The largest absolute Gasteiger partial charge is 0.385 e. The summed E-state index contributed by atoms with van der Waals surface area (Å²) >= 11 is 0. The molecule has 1 aromatic carbocycles. The predicted molar refractivity (Wildman–Crippen MR) is 77.2 cm³/mol. The molecule has 4 heteroatoms. The lowest BCUT2D eigenvalue weighted by Gasteiger charge is -2.31. The summed E-state index contributed by atoms with van der Waals surface area (Å²) in [6, 6.07) is 9.50. The van der Waals surface area contributed by atoms with E-state index in [-0.39, 0.29) is 18.4 Å². The van der Waals surface area contributed by atoms with Gasteiger partial charge in [0.05, 0.1) is 18.6 Å². The molecule has 1 amide bonds. The summed E-state index contributed by atoms with van der Waals surface area (Å²) in [5, 5.41) is 10.6. The van der Waals surface area contributed by atoms with Gasteiger partial charge >= 0.3 is 0 Å². The fraction of sp³-hybridized carbons (Fsp3) is 0.562. The zero-order valence-electron chi connectivity index (χ0n) is 12.2. The minimum absolute atomic E-state index is 0.0168. The fourth-order valence-electron chi connectivity index (χ4n) is 2.56. The second-order valence-corrected chi connectivity index (χ2v) is 5.65. The highest BCUT2D eigenvalue weighted by Crippen LogP contribution is 2.26. The Morgan fingerprint density at radius 3 is 2.80 bits per heavy atom. The van der Waals surface area contributed by atoms with Crippen LogP contribution in [0, 0.1) is 0 Å². The van der Waals surface area contributed by atoms with Crippen molar-refractivity contribution in [2.24, 2.45) is 0 Å². The third-order valence-corrected chi connectivity index (χ3v) is 3.90. The normalized spacial score (nSPS) is 22.9. The lowest BCUT2D eigenvalue weighted by molar-refractivity contribution is -0.138. The fourth-order valence-corrected chi connectivity index (χ4v) is 2.56. The quantitative estimate of drug-likeness (QED) is 0.918. The zero-order valence-corrected chi connectivity index (χ0v) is 12.2. The van der Waals surface area contributed by atoms with Crippen LogP contribution in [-0.4, -0.2) is 41.7 Å². The first kappa shape index (κ1) is 15.0. The predicted octanol–water partition coefficient (Wildman–Crippen LogP) is 1.92. The van der Waals surface area contributed by atoms with Gasteiger partial charge in [-0.05, 0) is 25.8 Å². The molecule has 0 bridgehead atoms. The highest BCUT2D eigenvalue weighted by atomic mass is 16.5. The summed E-state index contributed by atoms with van der Waals surface area (Å²) < 4.78 is 5.40. The van der Waals surface area contributed by atoms with E-state index in [4.69, 9.17) is 4.74 Å². The first-order chi connectivity index (χ1) is 9.50. The molecule has 0 spiro atoms. The number of carbonyl (C=O) groups excluding carboxylic acids is 1. The number of nitrogens with zero attached hydrogens (tertiary/aromatic N) is 1. The molecule has 4 nitrogen and oxygen atoms in total. The average molecular weight is 277 g/mol. The Hall–Kier alpha value is -1.39. The van der Waals surface area contributed by atoms with Gasteiger partial charge in [-0.1, -0.05) is 30.3 Å². The third kappa shape index (κ3) is 3.58. The van der Waals surface area contributed by atoms with Crippen molar-refractivity contribution in [2.75, 3.05) is 19.8 Å². The first-order valence-electron chi connectivity index (χ1n) is 7.16. The van der Waals surface area contributed by atoms with Gasteiger partial charge in [0.2, 0.25) is 5.91 Å². The van der Waals surface area contributed by atoms with Crippen molar-refractivity contribution in [3.63, 3.8) is 0 Å². The van der Waals surface area contributed by atoms with Crippen molar-refractivity contribution in [1.29, 1.82) is 0 Å². The summed E-state index contributed by atoms with van der Waals surface area (Å²) in [5.41, 5.74) is -0.363. The molecular weight excluding hydrogens is 254 g/mol. The Balaban J connectivity index is 2.06. The molecule has 1 N–H and O–H groups in total. The summed E-state index contributed by atoms with van der Waals surface area (Å²) in [5.74, 6) is -0.0168. The Bertz CT molecular complexity index is 444. The molecule has 0 radical (unpaired) electrons. The van der Waals surface area contributed by atoms with E-state index in [1.54, 1.807) is 6.92 Å². The van der Waals surface area contributed by atoms with Gasteiger partial charge in [0.15, 0.2) is 0 Å². The minimum atomic E-state index is -1.13. The smallest absolute Gasteiger partial charge is 0.226 e. The molecule has 2 rings (SSSR count). The number of aliphatic hydroxyl groups is 1. The number of benzene rings is 1. The lowest BCUT2D eigenvalue weighted by atomic mass is 9.92. The van der Waals surface area contributed by atoms with Gasteiger partial charge in [-0.15, -0.1) is 0 Å². The van der Waals surface area contributed by atoms with Crippen molar-refractivity contribution >= 4 is 5.91 Å². The highest BCUT2D eigenvalue weighted by molar-refractivity contribution is 5.77. The molecule has 0 unspecified atom stereocenters. The summed E-state index contributed by atoms with van der Waals surface area (Å²) in [4.78, 5) is 14.3. The molecule has 1 aromatic rings. The van der Waals surface area contributed by atoms with Crippen LogP contribution in [0.2, 0.25) is 0 Å². The zero-order chi connectivity index (χ0) is 14.6. The van der Waals surface area contributed by atoms with Crippen LogP contribution in [0.5, 0.6) is 0 Å². The number of hydrogen-bond donors (Lipinski definition) is 1. The molecule has 0 aliphatic carbocycles. The maximum absolute atomic E-state index is 12.5. The van der Waals surface area contributed by atoms with Gasteiger partial charge < -0.3 is 14.7 Å². The Morgan fingerprint density at radius 1 is 1.40 bits per heavy atom. The van der Waals surface area contributed by atoms with Gasteiger partial charge in [-0.25, -0.2) is 0 Å². The standard InChI is InChI=1S/C16H23NO3/c1-13-8-10-20-11-9-17(13)15(18)12-16(2,19)14-6-4-3-5-7-14/h3-7,13,19H,8-12H2,1-2H3/t13-,16+/m1/s1. The van der Waals surface area contributed by atoms with Crippen molar-refractivity contribution < 1.29 is 14.6 Å². The Morgan fingerprint density at radius 2 is 2.10 bits per heavy atom. The number of hydrogen-bond acceptors (Lipinski definition) is 3. The van der Waals surface area contributed by atoms with Crippen LogP contribution in [0.15, 0.2) is 30.3 Å². The molecule has 20 heavy (non-hydrogen) atoms. The number of carbonyl (C=O) groups is 1. The van der Waals surface area contributed by atoms with E-state index in [0.29, 0.717) is 19.8 Å². The molecular formula is C16H23NO3. The minimum Gasteiger partial charge on any atom is -0.385 e. The molecule has 1 heterocycles. The summed E-state index contributed by atoms with van der Waals surface area (Å²) in [6.07, 6.45) is 0.945. The van der Waals surface area contributed by atoms with Crippen LogP contribution < -0.4 is 0 Å². The van der Waals surface area contributed by atoms with E-state index >= 15 is 0 Å². The van der Waals surface area contributed by atoms with E-state index in [0.717, 1.165) is 12.0 Å². The lowest BCUT2D eigenvalue weighted by Crippen LogP contribution is -2.42. The SMILES string of the molecule is C[C@@H]1CCOCCN1C(=O)C[C@](C)(O)c1ccccc1. The number of ether oxygens (including phenoxy) is 1. The van der Waals surface area contributed by atoms with Crippen LogP contribution >= 0.6 is 0 Å². The van der Waals surface area contributed by atoms with Gasteiger partial charge in [0.25, 0.3) is 0 Å². The summed E-state index contributed by atoms with van der Waals surface area (Å²) in [7, 11) is 0. The van der Waals surface area contributed by atoms with Crippen LogP contribution in [0.4, 0.5) is 0 Å². The topological polar surface area (TPSA) is 49.8 Å². The van der Waals surface area contributed by atoms with Gasteiger partial charge in [0.1, 0.15) is 0 Å². The molecule has 1 aliphatic heterocycles. The third-order valence-electron chi connectivity index (χ3n) is 3.90. The maximum atomic E-state index is 12.5.